The van der Waals surface area contributed by atoms with Crippen molar-refractivity contribution < 1.29 is 0 Å². The zero-order valence-electron chi connectivity index (χ0n) is 7.06. The van der Waals surface area contributed by atoms with Crippen molar-refractivity contribution >= 4 is 22.0 Å². The van der Waals surface area contributed by atoms with Gasteiger partial charge in [-0.15, -0.1) is 11.3 Å². The topological polar surface area (TPSA) is 50.7 Å². The Morgan fingerprint density at radius 2 is 2.00 bits per heavy atom. The van der Waals surface area contributed by atoms with Gasteiger partial charge in [0, 0.05) is 0 Å². The molecule has 0 amide bonds. The van der Waals surface area contributed by atoms with E-state index in [1.165, 1.54) is 6.33 Å². The Hall–Kier alpha value is -1.49. The van der Waals surface area contributed by atoms with Crippen molar-refractivity contribution in [2.75, 3.05) is 5.32 Å². The van der Waals surface area contributed by atoms with Crippen LogP contribution in [-0.4, -0.2) is 15.0 Å². The van der Waals surface area contributed by atoms with Crippen LogP contribution in [0.3, 0.4) is 0 Å². The summed E-state index contributed by atoms with van der Waals surface area (Å²) in [5.74, 6) is 0. The van der Waals surface area contributed by atoms with E-state index in [-0.39, 0.29) is 0 Å². The molecule has 2 aromatic rings. The molecule has 2 rings (SSSR count). The van der Waals surface area contributed by atoms with Crippen LogP contribution in [0.25, 0.3) is 0 Å². The third-order valence-corrected chi connectivity index (χ3v) is 2.28. The first kappa shape index (κ1) is 8.12. The minimum Gasteiger partial charge on any atom is -0.343 e. The number of hydrogen-bond acceptors (Lipinski definition) is 5. The maximum atomic E-state index is 4.13. The maximum Gasteiger partial charge on any atom is 0.115 e. The predicted molar refractivity (Wildman–Crippen MR) is 52.2 cm³/mol. The first-order valence-corrected chi connectivity index (χ1v) is 4.61. The summed E-state index contributed by atoms with van der Waals surface area (Å²) in [6.07, 6.45) is 6.75. The number of anilines is 2. The van der Waals surface area contributed by atoms with E-state index in [1.54, 1.807) is 29.9 Å². The number of aromatic nitrogens is 3. The summed E-state index contributed by atoms with van der Waals surface area (Å²) in [5, 5.41) is 5.20. The van der Waals surface area contributed by atoms with Gasteiger partial charge in [0.1, 0.15) is 11.3 Å². The molecule has 0 fully saturated rings. The zero-order valence-corrected chi connectivity index (χ0v) is 7.88. The monoisotopic (exact) mass is 192 g/mol. The molecule has 0 aliphatic rings. The summed E-state index contributed by atoms with van der Waals surface area (Å²) < 4.78 is 0. The summed E-state index contributed by atoms with van der Waals surface area (Å²) in [6.45, 7) is 1.97. The lowest BCUT2D eigenvalue weighted by Crippen LogP contribution is -1.88. The number of aryl methyl sites for hydroxylation is 1. The van der Waals surface area contributed by atoms with Crippen LogP contribution in [0.15, 0.2) is 24.9 Å². The first-order chi connectivity index (χ1) is 6.34. The number of hydrogen-bond donors (Lipinski definition) is 1. The van der Waals surface area contributed by atoms with Crippen LogP contribution in [0, 0.1) is 6.92 Å². The molecular formula is C8H8N4S. The molecule has 0 unspecified atom stereocenters. The fourth-order valence-electron chi connectivity index (χ4n) is 0.925. The lowest BCUT2D eigenvalue weighted by Gasteiger charge is -1.99. The molecule has 0 atom stereocenters. The van der Waals surface area contributed by atoms with Crippen LogP contribution in [-0.2, 0) is 0 Å². The van der Waals surface area contributed by atoms with Crippen molar-refractivity contribution in [1.29, 1.82) is 0 Å². The average molecular weight is 192 g/mol. The second-order valence-electron chi connectivity index (χ2n) is 2.50. The van der Waals surface area contributed by atoms with Crippen LogP contribution < -0.4 is 5.32 Å². The average Bonchev–Trinajstić information content (AvgIpc) is 2.53. The minimum atomic E-state index is 0.881. The molecule has 0 aliphatic heterocycles. The van der Waals surface area contributed by atoms with Crippen LogP contribution in [0.1, 0.15) is 5.01 Å². The fourth-order valence-corrected chi connectivity index (χ4v) is 1.62. The lowest BCUT2D eigenvalue weighted by atomic mass is 10.5. The second-order valence-corrected chi connectivity index (χ2v) is 3.73. The highest BCUT2D eigenvalue weighted by atomic mass is 32.1. The van der Waals surface area contributed by atoms with E-state index in [0.717, 1.165) is 15.7 Å². The molecule has 13 heavy (non-hydrogen) atoms. The molecular weight excluding hydrogens is 184 g/mol. The van der Waals surface area contributed by atoms with Crippen LogP contribution in [0.2, 0.25) is 0 Å². The van der Waals surface area contributed by atoms with Gasteiger partial charge in [0.15, 0.2) is 0 Å². The Morgan fingerprint density at radius 3 is 2.62 bits per heavy atom. The number of rotatable bonds is 2. The van der Waals surface area contributed by atoms with Gasteiger partial charge in [-0.05, 0) is 6.92 Å². The maximum absolute atomic E-state index is 4.13. The van der Waals surface area contributed by atoms with Crippen molar-refractivity contribution in [2.24, 2.45) is 0 Å². The Kier molecular flexibility index (Phi) is 2.18. The Balaban J connectivity index is 2.15. The predicted octanol–water partition coefficient (Wildman–Crippen LogP) is 1.99. The van der Waals surface area contributed by atoms with E-state index in [2.05, 4.69) is 20.3 Å². The van der Waals surface area contributed by atoms with E-state index >= 15 is 0 Å². The molecule has 4 nitrogen and oxygen atoms in total. The van der Waals surface area contributed by atoms with Gasteiger partial charge in [-0.1, -0.05) is 0 Å². The van der Waals surface area contributed by atoms with Crippen molar-refractivity contribution in [3.63, 3.8) is 0 Å². The molecule has 1 N–H and O–H groups in total. The second kappa shape index (κ2) is 3.49. The largest absolute Gasteiger partial charge is 0.343 e. The van der Waals surface area contributed by atoms with Crippen molar-refractivity contribution in [1.82, 2.24) is 15.0 Å². The molecule has 5 heteroatoms. The van der Waals surface area contributed by atoms with Crippen molar-refractivity contribution in [3.05, 3.63) is 29.9 Å². The highest BCUT2D eigenvalue weighted by molar-refractivity contribution is 7.15. The van der Waals surface area contributed by atoms with Crippen molar-refractivity contribution in [3.8, 4) is 0 Å². The standard InChI is InChI=1S/C8H8N4S/c1-6-11-4-8(13-6)12-7-2-9-5-10-3-7/h2-5,12H,1H3. The first-order valence-electron chi connectivity index (χ1n) is 3.79. The highest BCUT2D eigenvalue weighted by Gasteiger charge is 1.97. The molecule has 2 heterocycles. The van der Waals surface area contributed by atoms with Crippen LogP contribution in [0.4, 0.5) is 10.7 Å². The lowest BCUT2D eigenvalue weighted by molar-refractivity contribution is 1.17. The van der Waals surface area contributed by atoms with E-state index in [9.17, 15) is 0 Å². The van der Waals surface area contributed by atoms with Crippen molar-refractivity contribution in [2.45, 2.75) is 6.92 Å². The van der Waals surface area contributed by atoms with E-state index in [4.69, 9.17) is 0 Å². The Bertz CT molecular complexity index is 384. The molecule has 0 saturated heterocycles. The summed E-state index contributed by atoms with van der Waals surface area (Å²) in [6, 6.07) is 0. The normalized spacial score (nSPS) is 9.92. The number of nitrogens with zero attached hydrogens (tertiary/aromatic N) is 3. The van der Waals surface area contributed by atoms with Gasteiger partial charge >= 0.3 is 0 Å². The van der Waals surface area contributed by atoms with E-state index in [1.807, 2.05) is 6.92 Å². The molecule has 0 spiro atoms. The van der Waals surface area contributed by atoms with Gasteiger partial charge in [-0.3, -0.25) is 0 Å². The Labute approximate surface area is 79.7 Å². The summed E-state index contributed by atoms with van der Waals surface area (Å²) in [4.78, 5) is 11.9. The summed E-state index contributed by atoms with van der Waals surface area (Å²) in [7, 11) is 0. The molecule has 66 valence electrons. The van der Waals surface area contributed by atoms with Gasteiger partial charge in [0.25, 0.3) is 0 Å². The van der Waals surface area contributed by atoms with E-state index in [0.29, 0.717) is 0 Å². The SMILES string of the molecule is Cc1ncc(Nc2cncnc2)s1. The number of nitrogens with one attached hydrogen (secondary N) is 1. The van der Waals surface area contributed by atoms with Crippen LogP contribution >= 0.6 is 11.3 Å². The van der Waals surface area contributed by atoms with Gasteiger partial charge in [0.2, 0.25) is 0 Å². The summed E-state index contributed by atoms with van der Waals surface area (Å²) in [5.41, 5.74) is 0.881. The van der Waals surface area contributed by atoms with E-state index < -0.39 is 0 Å². The van der Waals surface area contributed by atoms with Gasteiger partial charge < -0.3 is 5.32 Å². The van der Waals surface area contributed by atoms with Gasteiger partial charge in [-0.2, -0.15) is 0 Å². The molecule has 2 aromatic heterocycles. The van der Waals surface area contributed by atoms with Crippen LogP contribution in [0.5, 0.6) is 0 Å². The fraction of sp³-hybridized carbons (Fsp3) is 0.125. The molecule has 0 bridgehead atoms. The quantitative estimate of drug-likeness (QED) is 0.790. The van der Waals surface area contributed by atoms with Gasteiger partial charge in [-0.25, -0.2) is 15.0 Å². The molecule has 0 saturated carbocycles. The minimum absolute atomic E-state index is 0.881. The number of thiazole rings is 1. The third kappa shape index (κ3) is 2.00. The molecule has 0 aromatic carbocycles. The zero-order chi connectivity index (χ0) is 9.10. The molecule has 0 aliphatic carbocycles. The molecule has 0 radical (unpaired) electrons. The summed E-state index contributed by atoms with van der Waals surface area (Å²) >= 11 is 1.60. The smallest absolute Gasteiger partial charge is 0.115 e. The third-order valence-electron chi connectivity index (χ3n) is 1.45. The highest BCUT2D eigenvalue weighted by Crippen LogP contribution is 2.21. The van der Waals surface area contributed by atoms with Gasteiger partial charge in [0.05, 0.1) is 29.3 Å². The Morgan fingerprint density at radius 1 is 1.23 bits per heavy atom.